The van der Waals surface area contributed by atoms with Crippen LogP contribution in [0.15, 0.2) is 16.6 Å². The van der Waals surface area contributed by atoms with Crippen LogP contribution in [0.4, 0.5) is 13.6 Å². The zero-order valence-corrected chi connectivity index (χ0v) is 8.69. The van der Waals surface area contributed by atoms with Crippen LogP contribution in [0, 0.1) is 11.6 Å². The van der Waals surface area contributed by atoms with Crippen molar-refractivity contribution in [3.63, 3.8) is 0 Å². The number of carbonyl (C=O) groups excluding carboxylic acids is 1. The third-order valence-electron chi connectivity index (χ3n) is 1.41. The van der Waals surface area contributed by atoms with Crippen molar-refractivity contribution in [1.82, 2.24) is 5.32 Å². The number of halogens is 3. The second kappa shape index (κ2) is 4.36. The molecule has 1 amide bonds. The van der Waals surface area contributed by atoms with E-state index in [1.165, 1.54) is 7.05 Å². The first-order chi connectivity index (χ1) is 6.56. The highest BCUT2D eigenvalue weighted by Gasteiger charge is 2.13. The lowest BCUT2D eigenvalue weighted by molar-refractivity contribution is 0.202. The standard InChI is InChI=1S/C8H6BrF2NO2/c1-12-8(13)14-5-3-2-4(10)7(11)6(5)9/h2-3H,1H3,(H,12,13). The van der Waals surface area contributed by atoms with Crippen LogP contribution < -0.4 is 10.1 Å². The maximum absolute atomic E-state index is 12.9. The van der Waals surface area contributed by atoms with Crippen molar-refractivity contribution in [2.45, 2.75) is 0 Å². The van der Waals surface area contributed by atoms with Gasteiger partial charge in [-0.1, -0.05) is 0 Å². The summed E-state index contributed by atoms with van der Waals surface area (Å²) in [6, 6.07) is 2.02. The summed E-state index contributed by atoms with van der Waals surface area (Å²) in [6.45, 7) is 0. The maximum Gasteiger partial charge on any atom is 0.412 e. The quantitative estimate of drug-likeness (QED) is 0.793. The van der Waals surface area contributed by atoms with E-state index in [9.17, 15) is 13.6 Å². The molecule has 0 aromatic heterocycles. The molecule has 0 radical (unpaired) electrons. The fourth-order valence-electron chi connectivity index (χ4n) is 0.738. The Kier molecular flexibility index (Phi) is 3.40. The highest BCUT2D eigenvalue weighted by molar-refractivity contribution is 9.10. The molecule has 0 atom stereocenters. The van der Waals surface area contributed by atoms with Crippen molar-refractivity contribution in [3.8, 4) is 5.75 Å². The van der Waals surface area contributed by atoms with Gasteiger partial charge in [0.1, 0.15) is 5.75 Å². The van der Waals surface area contributed by atoms with Crippen molar-refractivity contribution in [2.24, 2.45) is 0 Å². The fraction of sp³-hybridized carbons (Fsp3) is 0.125. The second-order valence-corrected chi connectivity index (χ2v) is 3.11. The van der Waals surface area contributed by atoms with Crippen molar-refractivity contribution >= 4 is 22.0 Å². The van der Waals surface area contributed by atoms with Gasteiger partial charge in [-0.3, -0.25) is 0 Å². The van der Waals surface area contributed by atoms with Gasteiger partial charge in [0.25, 0.3) is 0 Å². The largest absolute Gasteiger partial charge is 0.412 e. The van der Waals surface area contributed by atoms with Gasteiger partial charge in [-0.15, -0.1) is 0 Å². The smallest absolute Gasteiger partial charge is 0.409 e. The van der Waals surface area contributed by atoms with Crippen LogP contribution in [0.2, 0.25) is 0 Å². The number of carbonyl (C=O) groups is 1. The fourth-order valence-corrected chi connectivity index (χ4v) is 1.14. The Hall–Kier alpha value is -1.17. The minimum atomic E-state index is -1.09. The molecule has 0 saturated carbocycles. The lowest BCUT2D eigenvalue weighted by atomic mass is 10.3. The Morgan fingerprint density at radius 2 is 2.14 bits per heavy atom. The van der Waals surface area contributed by atoms with E-state index in [-0.39, 0.29) is 10.2 Å². The first kappa shape index (κ1) is 10.9. The van der Waals surface area contributed by atoms with Crippen molar-refractivity contribution < 1.29 is 18.3 Å². The molecule has 1 aromatic rings. The number of ether oxygens (including phenoxy) is 1. The van der Waals surface area contributed by atoms with Crippen molar-refractivity contribution in [2.75, 3.05) is 7.05 Å². The molecule has 1 rings (SSSR count). The Labute approximate surface area is 87.2 Å². The van der Waals surface area contributed by atoms with Crippen LogP contribution in [0.5, 0.6) is 5.75 Å². The topological polar surface area (TPSA) is 38.3 Å². The molecule has 76 valence electrons. The Bertz CT molecular complexity index is 371. The van der Waals surface area contributed by atoms with Crippen LogP contribution in [-0.2, 0) is 0 Å². The molecule has 0 unspecified atom stereocenters. The van der Waals surface area contributed by atoms with E-state index in [2.05, 4.69) is 26.0 Å². The summed E-state index contributed by atoms with van der Waals surface area (Å²) in [5.74, 6) is -2.18. The number of hydrogen-bond acceptors (Lipinski definition) is 2. The minimum absolute atomic E-state index is 0.0803. The molecule has 0 saturated heterocycles. The number of rotatable bonds is 1. The van der Waals surface area contributed by atoms with E-state index in [4.69, 9.17) is 0 Å². The predicted molar refractivity (Wildman–Crippen MR) is 49.1 cm³/mol. The summed E-state index contributed by atoms with van der Waals surface area (Å²) in [5, 5.41) is 2.18. The van der Waals surface area contributed by atoms with Gasteiger partial charge in [-0.25, -0.2) is 13.6 Å². The van der Waals surface area contributed by atoms with Crippen LogP contribution in [0.3, 0.4) is 0 Å². The van der Waals surface area contributed by atoms with Gasteiger partial charge in [0, 0.05) is 7.05 Å². The molecule has 0 heterocycles. The molecule has 0 fully saturated rings. The zero-order chi connectivity index (χ0) is 10.7. The third kappa shape index (κ3) is 2.20. The second-order valence-electron chi connectivity index (χ2n) is 2.31. The monoisotopic (exact) mass is 265 g/mol. The summed E-state index contributed by atoms with van der Waals surface area (Å²) < 4.78 is 29.9. The normalized spacial score (nSPS) is 9.71. The molecular weight excluding hydrogens is 260 g/mol. The molecule has 0 aliphatic heterocycles. The van der Waals surface area contributed by atoms with Crippen molar-refractivity contribution in [3.05, 3.63) is 28.2 Å². The molecule has 3 nitrogen and oxygen atoms in total. The molecule has 0 bridgehead atoms. The Balaban J connectivity index is 3.00. The molecule has 14 heavy (non-hydrogen) atoms. The van der Waals surface area contributed by atoms with E-state index in [0.717, 1.165) is 12.1 Å². The molecule has 1 aromatic carbocycles. The van der Waals surface area contributed by atoms with Gasteiger partial charge in [-0.2, -0.15) is 0 Å². The van der Waals surface area contributed by atoms with Crippen LogP contribution in [-0.4, -0.2) is 13.1 Å². The minimum Gasteiger partial charge on any atom is -0.409 e. The molecule has 0 aliphatic carbocycles. The zero-order valence-electron chi connectivity index (χ0n) is 7.11. The average molecular weight is 266 g/mol. The summed E-state index contributed by atoms with van der Waals surface area (Å²) in [5.41, 5.74) is 0. The number of nitrogens with one attached hydrogen (secondary N) is 1. The van der Waals surface area contributed by atoms with E-state index < -0.39 is 17.7 Å². The molecule has 0 aliphatic rings. The number of benzene rings is 1. The summed E-state index contributed by atoms with van der Waals surface area (Å²) in [7, 11) is 1.36. The highest BCUT2D eigenvalue weighted by atomic mass is 79.9. The van der Waals surface area contributed by atoms with Gasteiger partial charge < -0.3 is 10.1 Å². The van der Waals surface area contributed by atoms with Gasteiger partial charge in [0.2, 0.25) is 0 Å². The van der Waals surface area contributed by atoms with E-state index in [0.29, 0.717) is 0 Å². The summed E-state index contributed by atoms with van der Waals surface area (Å²) in [4.78, 5) is 10.8. The summed E-state index contributed by atoms with van der Waals surface area (Å²) >= 11 is 2.77. The number of amides is 1. The van der Waals surface area contributed by atoms with Gasteiger partial charge >= 0.3 is 6.09 Å². The molecule has 6 heteroatoms. The average Bonchev–Trinajstić information content (AvgIpc) is 2.19. The molecule has 0 spiro atoms. The van der Waals surface area contributed by atoms with E-state index in [1.807, 2.05) is 0 Å². The lowest BCUT2D eigenvalue weighted by Gasteiger charge is -2.06. The Morgan fingerprint density at radius 1 is 1.50 bits per heavy atom. The van der Waals surface area contributed by atoms with Crippen LogP contribution in [0.1, 0.15) is 0 Å². The summed E-state index contributed by atoms with van der Waals surface area (Å²) in [6.07, 6.45) is -0.753. The van der Waals surface area contributed by atoms with Gasteiger partial charge in [0.15, 0.2) is 11.6 Å². The first-order valence-electron chi connectivity index (χ1n) is 3.59. The van der Waals surface area contributed by atoms with Gasteiger partial charge in [0.05, 0.1) is 4.47 Å². The molecule has 1 N–H and O–H groups in total. The van der Waals surface area contributed by atoms with Crippen molar-refractivity contribution in [1.29, 1.82) is 0 Å². The maximum atomic E-state index is 12.9. The third-order valence-corrected chi connectivity index (χ3v) is 2.15. The highest BCUT2D eigenvalue weighted by Crippen LogP contribution is 2.29. The van der Waals surface area contributed by atoms with Gasteiger partial charge in [-0.05, 0) is 28.1 Å². The van der Waals surface area contributed by atoms with Crippen LogP contribution in [0.25, 0.3) is 0 Å². The Morgan fingerprint density at radius 3 is 2.71 bits per heavy atom. The molecular formula is C8H6BrF2NO2. The van der Waals surface area contributed by atoms with E-state index >= 15 is 0 Å². The SMILES string of the molecule is CNC(=O)Oc1ccc(F)c(F)c1Br. The first-order valence-corrected chi connectivity index (χ1v) is 4.38. The van der Waals surface area contributed by atoms with E-state index in [1.54, 1.807) is 0 Å². The number of hydrogen-bond donors (Lipinski definition) is 1. The lowest BCUT2D eigenvalue weighted by Crippen LogP contribution is -2.22. The predicted octanol–water partition coefficient (Wildman–Crippen LogP) is 2.45. The van der Waals surface area contributed by atoms with Crippen LogP contribution >= 0.6 is 15.9 Å².